The van der Waals surface area contributed by atoms with Crippen molar-refractivity contribution in [1.29, 1.82) is 0 Å². The number of benzene rings is 2. The van der Waals surface area contributed by atoms with Crippen LogP contribution in [0.5, 0.6) is 5.75 Å². The molecule has 0 saturated heterocycles. The van der Waals surface area contributed by atoms with Gasteiger partial charge in [0.2, 0.25) is 0 Å². The van der Waals surface area contributed by atoms with E-state index in [4.69, 9.17) is 4.74 Å². The van der Waals surface area contributed by atoms with Crippen LogP contribution < -0.4 is 15.4 Å². The summed E-state index contributed by atoms with van der Waals surface area (Å²) in [4.78, 5) is 4.36. The highest BCUT2D eigenvalue weighted by Crippen LogP contribution is 2.22. The number of hydrogen-bond donors (Lipinski definition) is 2. The first-order chi connectivity index (χ1) is 14.4. The van der Waals surface area contributed by atoms with E-state index < -0.39 is 0 Å². The zero-order chi connectivity index (χ0) is 21.4. The first kappa shape index (κ1) is 21.4. The lowest BCUT2D eigenvalue weighted by molar-refractivity contribution is 0.129. The van der Waals surface area contributed by atoms with E-state index in [0.717, 1.165) is 23.8 Å². The number of guanidine groups is 1. The molecule has 0 radical (unpaired) electrons. The van der Waals surface area contributed by atoms with Crippen LogP contribution in [-0.4, -0.2) is 28.4 Å². The van der Waals surface area contributed by atoms with E-state index in [9.17, 15) is 0 Å². The number of ether oxygens (including phenoxy) is 1. The zero-order valence-corrected chi connectivity index (χ0v) is 18.2. The quantitative estimate of drug-likeness (QED) is 0.461. The van der Waals surface area contributed by atoms with Gasteiger partial charge in [0.05, 0.1) is 6.54 Å². The fourth-order valence-corrected chi connectivity index (χ4v) is 3.11. The molecule has 0 atom stereocenters. The molecular formula is C24H31N5O. The van der Waals surface area contributed by atoms with Crippen molar-refractivity contribution < 1.29 is 4.74 Å². The summed E-state index contributed by atoms with van der Waals surface area (Å²) in [6.45, 7) is 8.21. The van der Waals surface area contributed by atoms with Gasteiger partial charge in [-0.2, -0.15) is 5.10 Å². The minimum absolute atomic E-state index is 0.242. The molecular weight excluding hydrogens is 374 g/mol. The van der Waals surface area contributed by atoms with E-state index in [2.05, 4.69) is 71.8 Å². The highest BCUT2D eigenvalue weighted by molar-refractivity contribution is 5.79. The van der Waals surface area contributed by atoms with Crippen molar-refractivity contribution >= 4 is 5.96 Å². The van der Waals surface area contributed by atoms with Crippen LogP contribution in [-0.2, 0) is 19.6 Å². The molecule has 30 heavy (non-hydrogen) atoms. The number of aromatic nitrogens is 2. The minimum Gasteiger partial charge on any atom is -0.488 e. The SMILES string of the molecule is CN=C(NCc1ccccc1Cn1cccn1)NCc1ccccc1OC(C)(C)C. The van der Waals surface area contributed by atoms with Gasteiger partial charge in [-0.15, -0.1) is 0 Å². The van der Waals surface area contributed by atoms with Crippen molar-refractivity contribution in [2.24, 2.45) is 4.99 Å². The Hall–Kier alpha value is -3.28. The Labute approximate surface area is 179 Å². The number of nitrogens with one attached hydrogen (secondary N) is 2. The molecule has 0 aliphatic carbocycles. The van der Waals surface area contributed by atoms with E-state index in [0.29, 0.717) is 13.1 Å². The third-order valence-corrected chi connectivity index (χ3v) is 4.51. The monoisotopic (exact) mass is 405 g/mol. The topological polar surface area (TPSA) is 63.5 Å². The fourth-order valence-electron chi connectivity index (χ4n) is 3.11. The Bertz CT molecular complexity index is 958. The summed E-state index contributed by atoms with van der Waals surface area (Å²) in [6, 6.07) is 18.4. The summed E-state index contributed by atoms with van der Waals surface area (Å²) in [7, 11) is 1.78. The summed E-state index contributed by atoms with van der Waals surface area (Å²) >= 11 is 0. The molecule has 0 aliphatic rings. The highest BCUT2D eigenvalue weighted by atomic mass is 16.5. The van der Waals surface area contributed by atoms with Crippen LogP contribution in [0.2, 0.25) is 0 Å². The third kappa shape index (κ3) is 6.37. The third-order valence-electron chi connectivity index (χ3n) is 4.51. The van der Waals surface area contributed by atoms with Gasteiger partial charge in [0.25, 0.3) is 0 Å². The van der Waals surface area contributed by atoms with Gasteiger partial charge >= 0.3 is 0 Å². The Morgan fingerprint density at radius 2 is 1.57 bits per heavy atom. The van der Waals surface area contributed by atoms with E-state index in [1.807, 2.05) is 35.1 Å². The number of para-hydroxylation sites is 1. The van der Waals surface area contributed by atoms with E-state index in [-0.39, 0.29) is 5.60 Å². The second kappa shape index (κ2) is 9.96. The summed E-state index contributed by atoms with van der Waals surface area (Å²) < 4.78 is 8.01. The maximum Gasteiger partial charge on any atom is 0.191 e. The largest absolute Gasteiger partial charge is 0.488 e. The Kier molecular flexibility index (Phi) is 7.12. The molecule has 0 saturated carbocycles. The number of hydrogen-bond acceptors (Lipinski definition) is 3. The molecule has 3 rings (SSSR count). The first-order valence-corrected chi connectivity index (χ1v) is 10.2. The summed E-state index contributed by atoms with van der Waals surface area (Å²) in [5.74, 6) is 1.63. The molecule has 6 nitrogen and oxygen atoms in total. The van der Waals surface area contributed by atoms with Crippen LogP contribution in [0.1, 0.15) is 37.5 Å². The van der Waals surface area contributed by atoms with Crippen molar-refractivity contribution in [3.05, 3.63) is 83.7 Å². The van der Waals surface area contributed by atoms with E-state index >= 15 is 0 Å². The van der Waals surface area contributed by atoms with Crippen LogP contribution in [0.3, 0.4) is 0 Å². The van der Waals surface area contributed by atoms with Gasteiger partial charge in [-0.05, 0) is 44.0 Å². The van der Waals surface area contributed by atoms with Gasteiger partial charge in [0.15, 0.2) is 5.96 Å². The normalized spacial score (nSPS) is 11.9. The lowest BCUT2D eigenvalue weighted by Gasteiger charge is -2.23. The van der Waals surface area contributed by atoms with Gasteiger partial charge in [-0.25, -0.2) is 0 Å². The molecule has 2 aromatic carbocycles. The average molecular weight is 406 g/mol. The number of rotatable bonds is 7. The Morgan fingerprint density at radius 1 is 0.933 bits per heavy atom. The van der Waals surface area contributed by atoms with Crippen LogP contribution in [0.25, 0.3) is 0 Å². The maximum atomic E-state index is 6.09. The van der Waals surface area contributed by atoms with Gasteiger partial charge in [-0.1, -0.05) is 42.5 Å². The van der Waals surface area contributed by atoms with E-state index in [1.54, 1.807) is 13.2 Å². The Morgan fingerprint density at radius 3 is 2.20 bits per heavy atom. The van der Waals surface area contributed by atoms with Crippen LogP contribution >= 0.6 is 0 Å². The van der Waals surface area contributed by atoms with Crippen molar-refractivity contribution in [2.45, 2.75) is 46.0 Å². The molecule has 0 bridgehead atoms. The smallest absolute Gasteiger partial charge is 0.191 e. The second-order valence-corrected chi connectivity index (χ2v) is 8.07. The van der Waals surface area contributed by atoms with Crippen molar-refractivity contribution in [1.82, 2.24) is 20.4 Å². The fraction of sp³-hybridized carbons (Fsp3) is 0.333. The van der Waals surface area contributed by atoms with Crippen LogP contribution in [0.15, 0.2) is 72.0 Å². The number of aliphatic imine (C=N–C) groups is 1. The first-order valence-electron chi connectivity index (χ1n) is 10.2. The van der Waals surface area contributed by atoms with Crippen molar-refractivity contribution in [2.75, 3.05) is 7.05 Å². The molecule has 0 amide bonds. The summed E-state index contributed by atoms with van der Waals surface area (Å²) in [5.41, 5.74) is 3.30. The molecule has 0 aliphatic heterocycles. The number of nitrogens with zero attached hydrogens (tertiary/aromatic N) is 3. The predicted molar refractivity (Wildman–Crippen MR) is 122 cm³/mol. The van der Waals surface area contributed by atoms with Crippen LogP contribution in [0.4, 0.5) is 0 Å². The van der Waals surface area contributed by atoms with Gasteiger partial charge < -0.3 is 15.4 Å². The molecule has 0 spiro atoms. The molecule has 0 unspecified atom stereocenters. The molecule has 2 N–H and O–H groups in total. The molecule has 0 fully saturated rings. The zero-order valence-electron chi connectivity index (χ0n) is 18.2. The van der Waals surface area contributed by atoms with E-state index in [1.165, 1.54) is 11.1 Å². The van der Waals surface area contributed by atoms with Crippen molar-refractivity contribution in [3.63, 3.8) is 0 Å². The van der Waals surface area contributed by atoms with Gasteiger partial charge in [-0.3, -0.25) is 9.67 Å². The van der Waals surface area contributed by atoms with Gasteiger partial charge in [0, 0.05) is 38.1 Å². The molecule has 6 heteroatoms. The molecule has 1 aromatic heterocycles. The summed E-state index contributed by atoms with van der Waals surface area (Å²) in [5, 5.41) is 11.1. The highest BCUT2D eigenvalue weighted by Gasteiger charge is 2.14. The standard InChI is InChI=1S/C24H31N5O/c1-24(2,3)30-22-13-8-7-11-20(22)17-27-23(25-4)26-16-19-10-5-6-12-21(19)18-29-15-9-14-28-29/h5-15H,16-18H2,1-4H3,(H2,25,26,27). The lowest BCUT2D eigenvalue weighted by Crippen LogP contribution is -2.36. The van der Waals surface area contributed by atoms with Crippen LogP contribution in [0, 0.1) is 0 Å². The summed E-state index contributed by atoms with van der Waals surface area (Å²) in [6.07, 6.45) is 3.77. The minimum atomic E-state index is -0.242. The van der Waals surface area contributed by atoms with Crippen molar-refractivity contribution in [3.8, 4) is 5.75 Å². The maximum absolute atomic E-state index is 6.09. The molecule has 1 heterocycles. The van der Waals surface area contributed by atoms with Gasteiger partial charge in [0.1, 0.15) is 11.4 Å². The lowest BCUT2D eigenvalue weighted by atomic mass is 10.1. The Balaban J connectivity index is 1.60. The average Bonchev–Trinajstić information content (AvgIpc) is 3.22. The second-order valence-electron chi connectivity index (χ2n) is 8.07. The molecule has 3 aromatic rings. The predicted octanol–water partition coefficient (Wildman–Crippen LogP) is 3.97. The molecule has 158 valence electrons.